The second kappa shape index (κ2) is 5.23. The van der Waals surface area contributed by atoms with Crippen molar-refractivity contribution in [1.82, 2.24) is 0 Å². The highest BCUT2D eigenvalue weighted by atomic mass is 19.1. The third-order valence-corrected chi connectivity index (χ3v) is 2.88. The predicted molar refractivity (Wildman–Crippen MR) is 59.6 cm³/mol. The first kappa shape index (κ1) is 13.6. The number of benzene rings is 1. The van der Waals surface area contributed by atoms with E-state index in [0.29, 0.717) is 13.0 Å². The van der Waals surface area contributed by atoms with Crippen LogP contribution in [0.4, 0.5) is 8.78 Å². The van der Waals surface area contributed by atoms with Gasteiger partial charge in [0, 0.05) is 5.56 Å². The highest BCUT2D eigenvalue weighted by Gasteiger charge is 2.37. The number of carbonyl (C=O) groups is 1. The Bertz CT molecular complexity index is 423. The third-order valence-electron chi connectivity index (χ3n) is 2.88. The lowest BCUT2D eigenvalue weighted by atomic mass is 9.78. The first-order valence-corrected chi connectivity index (χ1v) is 5.31. The summed E-state index contributed by atoms with van der Waals surface area (Å²) in [5.74, 6) is -2.55. The number of carboxylic acids is 1. The SMILES string of the molecule is CC(CCCN)(C(=O)O)c1cc(F)ccc1F. The number of halogens is 2. The van der Waals surface area contributed by atoms with Gasteiger partial charge in [0.25, 0.3) is 0 Å². The van der Waals surface area contributed by atoms with Gasteiger partial charge in [-0.05, 0) is 44.5 Å². The summed E-state index contributed by atoms with van der Waals surface area (Å²) >= 11 is 0. The van der Waals surface area contributed by atoms with E-state index in [2.05, 4.69) is 0 Å². The van der Waals surface area contributed by atoms with Gasteiger partial charge in [-0.15, -0.1) is 0 Å². The molecule has 1 rings (SSSR count). The van der Waals surface area contributed by atoms with Crippen molar-refractivity contribution in [3.63, 3.8) is 0 Å². The van der Waals surface area contributed by atoms with E-state index >= 15 is 0 Å². The van der Waals surface area contributed by atoms with Crippen molar-refractivity contribution < 1.29 is 18.7 Å². The monoisotopic (exact) mass is 243 g/mol. The first-order chi connectivity index (χ1) is 7.91. The van der Waals surface area contributed by atoms with Crippen molar-refractivity contribution >= 4 is 5.97 Å². The summed E-state index contributed by atoms with van der Waals surface area (Å²) in [5, 5.41) is 9.20. The van der Waals surface area contributed by atoms with Gasteiger partial charge >= 0.3 is 5.97 Å². The summed E-state index contributed by atoms with van der Waals surface area (Å²) in [4.78, 5) is 11.3. The molecule has 5 heteroatoms. The molecule has 0 fully saturated rings. The van der Waals surface area contributed by atoms with E-state index in [1.54, 1.807) is 0 Å². The van der Waals surface area contributed by atoms with Crippen LogP contribution in [0.3, 0.4) is 0 Å². The first-order valence-electron chi connectivity index (χ1n) is 5.31. The molecule has 0 aliphatic carbocycles. The highest BCUT2D eigenvalue weighted by Crippen LogP contribution is 2.31. The third kappa shape index (κ3) is 2.79. The lowest BCUT2D eigenvalue weighted by Crippen LogP contribution is -2.34. The Balaban J connectivity index is 3.21. The minimum Gasteiger partial charge on any atom is -0.481 e. The fraction of sp³-hybridized carbons (Fsp3) is 0.417. The number of rotatable bonds is 5. The van der Waals surface area contributed by atoms with Crippen molar-refractivity contribution in [2.75, 3.05) is 6.54 Å². The van der Waals surface area contributed by atoms with Crippen LogP contribution in [0.1, 0.15) is 25.3 Å². The number of carboxylic acid groups (broad SMARTS) is 1. The molecular weight excluding hydrogens is 228 g/mol. The molecule has 0 saturated carbocycles. The average molecular weight is 243 g/mol. The number of hydrogen-bond donors (Lipinski definition) is 2. The minimum absolute atomic E-state index is 0.140. The largest absolute Gasteiger partial charge is 0.481 e. The Morgan fingerprint density at radius 1 is 1.47 bits per heavy atom. The summed E-state index contributed by atoms with van der Waals surface area (Å²) in [7, 11) is 0. The quantitative estimate of drug-likeness (QED) is 0.831. The van der Waals surface area contributed by atoms with Crippen molar-refractivity contribution in [2.45, 2.75) is 25.2 Å². The van der Waals surface area contributed by atoms with E-state index in [4.69, 9.17) is 5.73 Å². The Kier molecular flexibility index (Phi) is 4.17. The van der Waals surface area contributed by atoms with Crippen molar-refractivity contribution in [2.24, 2.45) is 5.73 Å². The maximum absolute atomic E-state index is 13.6. The molecule has 0 radical (unpaired) electrons. The molecule has 94 valence electrons. The average Bonchev–Trinajstić information content (AvgIpc) is 2.29. The van der Waals surface area contributed by atoms with Gasteiger partial charge in [-0.2, -0.15) is 0 Å². The molecule has 0 heterocycles. The van der Waals surface area contributed by atoms with Crippen LogP contribution in [-0.2, 0) is 10.2 Å². The van der Waals surface area contributed by atoms with Crippen molar-refractivity contribution in [1.29, 1.82) is 0 Å². The second-order valence-electron chi connectivity index (χ2n) is 4.15. The molecule has 0 aromatic heterocycles. The van der Waals surface area contributed by atoms with E-state index in [1.807, 2.05) is 0 Å². The predicted octanol–water partition coefficient (Wildman–Crippen LogP) is 2.05. The van der Waals surface area contributed by atoms with E-state index < -0.39 is 23.0 Å². The van der Waals surface area contributed by atoms with Crippen LogP contribution in [-0.4, -0.2) is 17.6 Å². The normalized spacial score (nSPS) is 14.4. The molecule has 3 N–H and O–H groups in total. The van der Waals surface area contributed by atoms with Crippen LogP contribution >= 0.6 is 0 Å². The molecule has 17 heavy (non-hydrogen) atoms. The van der Waals surface area contributed by atoms with E-state index in [-0.39, 0.29) is 12.0 Å². The summed E-state index contributed by atoms with van der Waals surface area (Å²) in [6, 6.07) is 2.83. The molecule has 0 spiro atoms. The van der Waals surface area contributed by atoms with E-state index in [0.717, 1.165) is 18.2 Å². The van der Waals surface area contributed by atoms with Gasteiger partial charge in [-0.3, -0.25) is 4.79 Å². The molecule has 0 amide bonds. The van der Waals surface area contributed by atoms with Gasteiger partial charge in [-0.25, -0.2) is 8.78 Å². The molecule has 1 unspecified atom stereocenters. The fourth-order valence-electron chi connectivity index (χ4n) is 1.73. The smallest absolute Gasteiger partial charge is 0.313 e. The number of nitrogens with two attached hydrogens (primary N) is 1. The molecule has 1 aromatic rings. The standard InChI is InChI=1S/C12H15F2NO2/c1-12(11(16)17,5-2-6-15)9-7-8(13)3-4-10(9)14/h3-4,7H,2,5-6,15H2,1H3,(H,16,17). The maximum Gasteiger partial charge on any atom is 0.313 e. The number of hydrogen-bond acceptors (Lipinski definition) is 2. The lowest BCUT2D eigenvalue weighted by Gasteiger charge is -2.25. The van der Waals surface area contributed by atoms with Gasteiger partial charge < -0.3 is 10.8 Å². The Labute approximate surface area is 98.2 Å². The van der Waals surface area contributed by atoms with Gasteiger partial charge in [0.2, 0.25) is 0 Å². The van der Waals surface area contributed by atoms with Crippen LogP contribution in [0.5, 0.6) is 0 Å². The molecule has 1 aromatic carbocycles. The Hall–Kier alpha value is -1.49. The molecule has 1 atom stereocenters. The molecule has 0 bridgehead atoms. The molecule has 0 aliphatic heterocycles. The van der Waals surface area contributed by atoms with Gasteiger partial charge in [0.1, 0.15) is 11.6 Å². The van der Waals surface area contributed by atoms with Gasteiger partial charge in [0.15, 0.2) is 0 Å². The summed E-state index contributed by atoms with van der Waals surface area (Å²) in [5.41, 5.74) is 3.73. The van der Waals surface area contributed by atoms with Crippen LogP contribution < -0.4 is 5.73 Å². The second-order valence-corrected chi connectivity index (χ2v) is 4.15. The van der Waals surface area contributed by atoms with Crippen LogP contribution in [0.25, 0.3) is 0 Å². The molecule has 3 nitrogen and oxygen atoms in total. The van der Waals surface area contributed by atoms with Crippen LogP contribution in [0.15, 0.2) is 18.2 Å². The number of aliphatic carboxylic acids is 1. The zero-order chi connectivity index (χ0) is 13.1. The minimum atomic E-state index is -1.45. The highest BCUT2D eigenvalue weighted by molar-refractivity contribution is 5.80. The molecule has 0 aliphatic rings. The summed E-state index contributed by atoms with van der Waals surface area (Å²) in [6.07, 6.45) is 0.595. The van der Waals surface area contributed by atoms with Crippen molar-refractivity contribution in [3.05, 3.63) is 35.4 Å². The van der Waals surface area contributed by atoms with Crippen LogP contribution in [0, 0.1) is 11.6 Å². The van der Waals surface area contributed by atoms with E-state index in [1.165, 1.54) is 6.92 Å². The zero-order valence-electron chi connectivity index (χ0n) is 9.54. The van der Waals surface area contributed by atoms with E-state index in [9.17, 15) is 18.7 Å². The maximum atomic E-state index is 13.6. The zero-order valence-corrected chi connectivity index (χ0v) is 9.54. The molecular formula is C12H15F2NO2. The molecule has 0 saturated heterocycles. The van der Waals surface area contributed by atoms with Crippen molar-refractivity contribution in [3.8, 4) is 0 Å². The van der Waals surface area contributed by atoms with Crippen LogP contribution in [0.2, 0.25) is 0 Å². The van der Waals surface area contributed by atoms with Gasteiger partial charge in [-0.1, -0.05) is 0 Å². The Morgan fingerprint density at radius 3 is 2.65 bits per heavy atom. The van der Waals surface area contributed by atoms with Gasteiger partial charge in [0.05, 0.1) is 5.41 Å². The summed E-state index contributed by atoms with van der Waals surface area (Å²) in [6.45, 7) is 1.68. The Morgan fingerprint density at radius 2 is 2.12 bits per heavy atom. The topological polar surface area (TPSA) is 63.3 Å². The fourth-order valence-corrected chi connectivity index (χ4v) is 1.73. The lowest BCUT2D eigenvalue weighted by molar-refractivity contribution is -0.143. The summed E-state index contributed by atoms with van der Waals surface area (Å²) < 4.78 is 26.7.